The van der Waals surface area contributed by atoms with Crippen LogP contribution in [0.25, 0.3) is 16.3 Å². The maximum Gasteiger partial charge on any atom is 0.282 e. The van der Waals surface area contributed by atoms with E-state index in [1.165, 1.54) is 16.2 Å². The van der Waals surface area contributed by atoms with Crippen LogP contribution in [0.1, 0.15) is 10.4 Å². The first-order chi connectivity index (χ1) is 14.6. The molecule has 2 amide bonds. The fourth-order valence-corrected chi connectivity index (χ4v) is 4.53. The fourth-order valence-electron chi connectivity index (χ4n) is 3.77. The van der Waals surface area contributed by atoms with E-state index in [4.69, 9.17) is 0 Å². The number of nitrogens with one attached hydrogen (secondary N) is 1. The molecule has 0 unspecified atom stereocenters. The number of carbonyl (C=O) groups is 2. The monoisotopic (exact) mass is 410 g/mol. The normalized spacial score (nSPS) is 14.1. The minimum atomic E-state index is -0.345. The lowest BCUT2D eigenvalue weighted by atomic mass is 10.1. The minimum absolute atomic E-state index is 0.306. The number of anilines is 2. The third kappa shape index (κ3) is 3.00. The number of fused-ring (bicyclic) bond motifs is 1. The topological polar surface area (TPSA) is 49.4 Å². The van der Waals surface area contributed by atoms with Crippen LogP contribution in [0.2, 0.25) is 0 Å². The molecule has 5 heteroatoms. The molecule has 4 aromatic rings. The number of thiophene rings is 1. The maximum atomic E-state index is 13.5. The van der Waals surface area contributed by atoms with Crippen molar-refractivity contribution in [3.8, 4) is 0 Å². The molecule has 1 aromatic heterocycles. The molecule has 0 atom stereocenters. The van der Waals surface area contributed by atoms with Crippen LogP contribution in [0.3, 0.4) is 0 Å². The predicted molar refractivity (Wildman–Crippen MR) is 122 cm³/mol. The van der Waals surface area contributed by atoms with Gasteiger partial charge in [-0.05, 0) is 47.5 Å². The van der Waals surface area contributed by atoms with Crippen molar-refractivity contribution in [1.29, 1.82) is 0 Å². The van der Waals surface area contributed by atoms with Gasteiger partial charge in [0.15, 0.2) is 0 Å². The summed E-state index contributed by atoms with van der Waals surface area (Å²) in [4.78, 5) is 28.9. The molecule has 0 saturated carbocycles. The summed E-state index contributed by atoms with van der Waals surface area (Å²) in [7, 11) is 0. The van der Waals surface area contributed by atoms with Gasteiger partial charge < -0.3 is 5.32 Å². The Morgan fingerprint density at radius 1 is 0.833 bits per heavy atom. The molecule has 2 heterocycles. The van der Waals surface area contributed by atoms with Gasteiger partial charge in [-0.25, -0.2) is 4.90 Å². The molecule has 5 rings (SSSR count). The highest BCUT2D eigenvalue weighted by Crippen LogP contribution is 2.36. The Kier molecular flexibility index (Phi) is 4.45. The Labute approximate surface area is 178 Å². The van der Waals surface area contributed by atoms with E-state index in [0.717, 1.165) is 26.9 Å². The van der Waals surface area contributed by atoms with Gasteiger partial charge in [-0.1, -0.05) is 54.6 Å². The van der Waals surface area contributed by atoms with Gasteiger partial charge in [-0.3, -0.25) is 9.59 Å². The molecule has 0 radical (unpaired) electrons. The first-order valence-corrected chi connectivity index (χ1v) is 10.5. The molecule has 0 bridgehead atoms. The molecule has 146 valence electrons. The number of imide groups is 1. The lowest BCUT2D eigenvalue weighted by molar-refractivity contribution is -0.120. The second kappa shape index (κ2) is 7.28. The number of benzene rings is 3. The van der Waals surface area contributed by atoms with Crippen LogP contribution in [0, 0.1) is 6.92 Å². The number of hydrogen-bond acceptors (Lipinski definition) is 4. The fraction of sp³-hybridized carbons (Fsp3) is 0.0400. The Morgan fingerprint density at radius 3 is 2.43 bits per heavy atom. The molecule has 1 aliphatic heterocycles. The van der Waals surface area contributed by atoms with Gasteiger partial charge in [-0.2, -0.15) is 0 Å². The van der Waals surface area contributed by atoms with Crippen molar-refractivity contribution in [1.82, 2.24) is 0 Å². The Balaban J connectivity index is 1.65. The summed E-state index contributed by atoms with van der Waals surface area (Å²) in [5.41, 5.74) is 3.07. The average molecular weight is 410 g/mol. The van der Waals surface area contributed by atoms with E-state index in [1.54, 1.807) is 6.07 Å². The highest BCUT2D eigenvalue weighted by atomic mass is 32.1. The third-order valence-corrected chi connectivity index (χ3v) is 6.05. The third-order valence-electron chi connectivity index (χ3n) is 5.16. The first kappa shape index (κ1) is 18.3. The van der Waals surface area contributed by atoms with E-state index >= 15 is 0 Å². The molecule has 1 N–H and O–H groups in total. The van der Waals surface area contributed by atoms with E-state index in [2.05, 4.69) is 5.32 Å². The van der Waals surface area contributed by atoms with Crippen LogP contribution in [0.5, 0.6) is 0 Å². The molecule has 0 aliphatic carbocycles. The van der Waals surface area contributed by atoms with Crippen molar-refractivity contribution >= 4 is 50.9 Å². The standard InChI is InChI=1S/C25H18N2O2S/c1-16-7-4-10-18(15-16)27-24(28)22(21-13-6-14-30-21)23(25(27)29)26-20-12-5-9-17-8-2-3-11-19(17)20/h2-15,26H,1H3. The van der Waals surface area contributed by atoms with E-state index < -0.39 is 0 Å². The van der Waals surface area contributed by atoms with E-state index in [1.807, 2.05) is 85.1 Å². The van der Waals surface area contributed by atoms with Gasteiger partial charge in [-0.15, -0.1) is 11.3 Å². The molecule has 0 spiro atoms. The molecule has 1 aliphatic rings. The van der Waals surface area contributed by atoms with Gasteiger partial charge in [0.25, 0.3) is 11.8 Å². The Bertz CT molecular complexity index is 1320. The van der Waals surface area contributed by atoms with E-state index in [0.29, 0.717) is 17.0 Å². The van der Waals surface area contributed by atoms with Gasteiger partial charge in [0.05, 0.1) is 11.3 Å². The zero-order valence-corrected chi connectivity index (χ0v) is 17.1. The first-order valence-electron chi connectivity index (χ1n) is 9.62. The van der Waals surface area contributed by atoms with E-state index in [9.17, 15) is 9.59 Å². The predicted octanol–water partition coefficient (Wildman–Crippen LogP) is 5.61. The van der Waals surface area contributed by atoms with Crippen LogP contribution in [-0.4, -0.2) is 11.8 Å². The van der Waals surface area contributed by atoms with Crippen molar-refractivity contribution in [2.75, 3.05) is 10.2 Å². The molecule has 0 fully saturated rings. The van der Waals surface area contributed by atoms with Crippen LogP contribution < -0.4 is 10.2 Å². The lowest BCUT2D eigenvalue weighted by Crippen LogP contribution is -2.32. The van der Waals surface area contributed by atoms with Gasteiger partial charge >= 0.3 is 0 Å². The number of hydrogen-bond donors (Lipinski definition) is 1. The molecular weight excluding hydrogens is 392 g/mol. The van der Waals surface area contributed by atoms with Crippen LogP contribution >= 0.6 is 11.3 Å². The van der Waals surface area contributed by atoms with Gasteiger partial charge in [0.1, 0.15) is 5.70 Å². The molecule has 0 saturated heterocycles. The zero-order chi connectivity index (χ0) is 20.7. The van der Waals surface area contributed by atoms with Crippen molar-refractivity contribution in [2.24, 2.45) is 0 Å². The number of carbonyl (C=O) groups excluding carboxylic acids is 2. The maximum absolute atomic E-state index is 13.5. The molecule has 4 nitrogen and oxygen atoms in total. The number of aryl methyl sites for hydroxylation is 1. The molecule has 30 heavy (non-hydrogen) atoms. The molecule has 3 aromatic carbocycles. The summed E-state index contributed by atoms with van der Waals surface area (Å²) < 4.78 is 0. The largest absolute Gasteiger partial charge is 0.350 e. The minimum Gasteiger partial charge on any atom is -0.350 e. The second-order valence-electron chi connectivity index (χ2n) is 7.16. The molecular formula is C25H18N2O2S. The summed E-state index contributed by atoms with van der Waals surface area (Å²) >= 11 is 1.45. The summed E-state index contributed by atoms with van der Waals surface area (Å²) in [6, 6.07) is 25.0. The van der Waals surface area contributed by atoms with Crippen LogP contribution in [0.4, 0.5) is 11.4 Å². The number of nitrogens with zero attached hydrogens (tertiary/aromatic N) is 1. The van der Waals surface area contributed by atoms with Crippen molar-refractivity contribution < 1.29 is 9.59 Å². The number of amides is 2. The lowest BCUT2D eigenvalue weighted by Gasteiger charge is -2.16. The SMILES string of the molecule is Cc1cccc(N2C(=O)C(Nc3cccc4ccccc34)=C(c3cccs3)C2=O)c1. The van der Waals surface area contributed by atoms with Crippen LogP contribution in [0.15, 0.2) is 89.9 Å². The summed E-state index contributed by atoms with van der Waals surface area (Å²) in [6.45, 7) is 1.94. The highest BCUT2D eigenvalue weighted by molar-refractivity contribution is 7.11. The van der Waals surface area contributed by atoms with Crippen molar-refractivity contribution in [3.63, 3.8) is 0 Å². The van der Waals surface area contributed by atoms with Gasteiger partial charge in [0, 0.05) is 16.0 Å². The van der Waals surface area contributed by atoms with Crippen molar-refractivity contribution in [2.45, 2.75) is 6.92 Å². The van der Waals surface area contributed by atoms with Crippen molar-refractivity contribution in [3.05, 3.63) is 100 Å². The van der Waals surface area contributed by atoms with Crippen LogP contribution in [-0.2, 0) is 9.59 Å². The summed E-state index contributed by atoms with van der Waals surface area (Å²) in [6.07, 6.45) is 0. The summed E-state index contributed by atoms with van der Waals surface area (Å²) in [5, 5.41) is 7.25. The zero-order valence-electron chi connectivity index (χ0n) is 16.3. The highest BCUT2D eigenvalue weighted by Gasteiger charge is 2.40. The smallest absolute Gasteiger partial charge is 0.282 e. The van der Waals surface area contributed by atoms with E-state index in [-0.39, 0.29) is 11.8 Å². The Morgan fingerprint density at radius 2 is 1.63 bits per heavy atom. The average Bonchev–Trinajstić information content (AvgIpc) is 3.35. The van der Waals surface area contributed by atoms with Gasteiger partial charge in [0.2, 0.25) is 0 Å². The second-order valence-corrected chi connectivity index (χ2v) is 8.11. The summed E-state index contributed by atoms with van der Waals surface area (Å²) in [5.74, 6) is -0.655. The Hall–Kier alpha value is -3.70. The quantitative estimate of drug-likeness (QED) is 0.445. The number of rotatable bonds is 4.